The average molecular weight is 368 g/mol. The van der Waals surface area contributed by atoms with Crippen molar-refractivity contribution in [2.24, 2.45) is 0 Å². The third-order valence-electron chi connectivity index (χ3n) is 4.63. The number of aromatic nitrogens is 2. The first-order chi connectivity index (χ1) is 13.8. The van der Waals surface area contributed by atoms with Crippen LogP contribution in [0, 0.1) is 0 Å². The van der Waals surface area contributed by atoms with E-state index >= 15 is 0 Å². The Morgan fingerprint density at radius 1 is 0.607 bits per heavy atom. The Hall–Kier alpha value is -3.66. The molecule has 0 amide bonds. The minimum Gasteiger partial charge on any atom is -0.496 e. The van der Waals surface area contributed by atoms with Crippen LogP contribution in [0.3, 0.4) is 0 Å². The molecule has 0 aliphatic heterocycles. The quantitative estimate of drug-likeness (QED) is 0.467. The number of rotatable bonds is 5. The van der Waals surface area contributed by atoms with Gasteiger partial charge in [-0.1, -0.05) is 48.5 Å². The van der Waals surface area contributed by atoms with Crippen LogP contribution in [0.15, 0.2) is 85.2 Å². The normalized spacial score (nSPS) is 10.5. The van der Waals surface area contributed by atoms with Crippen LogP contribution in [0.4, 0.5) is 0 Å². The van der Waals surface area contributed by atoms with Crippen LogP contribution in [0.5, 0.6) is 11.5 Å². The van der Waals surface area contributed by atoms with Gasteiger partial charge in [-0.2, -0.15) is 0 Å². The van der Waals surface area contributed by atoms with Crippen LogP contribution in [0.2, 0.25) is 0 Å². The molecular weight excluding hydrogens is 348 g/mol. The fraction of sp³-hybridized carbons (Fsp3) is 0.0833. The molecule has 0 aliphatic rings. The molecule has 0 bridgehead atoms. The van der Waals surface area contributed by atoms with Crippen molar-refractivity contribution in [3.8, 4) is 45.1 Å². The van der Waals surface area contributed by atoms with Crippen molar-refractivity contribution < 1.29 is 9.47 Å². The van der Waals surface area contributed by atoms with Crippen LogP contribution < -0.4 is 9.47 Å². The van der Waals surface area contributed by atoms with Crippen molar-refractivity contribution >= 4 is 0 Å². The zero-order valence-corrected chi connectivity index (χ0v) is 15.8. The van der Waals surface area contributed by atoms with E-state index in [1.165, 1.54) is 0 Å². The lowest BCUT2D eigenvalue weighted by Crippen LogP contribution is -1.94. The maximum Gasteiger partial charge on any atom is 0.126 e. The molecule has 0 saturated heterocycles. The Kier molecular flexibility index (Phi) is 5.02. The third kappa shape index (κ3) is 3.32. The van der Waals surface area contributed by atoms with Gasteiger partial charge in [-0.15, -0.1) is 0 Å². The molecule has 2 aromatic carbocycles. The number of hydrogen-bond acceptors (Lipinski definition) is 4. The Labute approximate surface area is 164 Å². The SMILES string of the molecule is COc1ccccc1-c1ccc(-c2ncccc2-c2ccccc2OC)nc1. The number of nitrogens with zero attached hydrogens (tertiary/aromatic N) is 2. The minimum atomic E-state index is 0.806. The molecule has 0 radical (unpaired) electrons. The number of methoxy groups -OCH3 is 2. The number of para-hydroxylation sites is 2. The van der Waals surface area contributed by atoms with Crippen molar-refractivity contribution in [1.82, 2.24) is 9.97 Å². The van der Waals surface area contributed by atoms with E-state index in [2.05, 4.69) is 9.97 Å². The molecule has 0 saturated carbocycles. The summed E-state index contributed by atoms with van der Waals surface area (Å²) in [5.74, 6) is 1.63. The molecule has 4 nitrogen and oxygen atoms in total. The smallest absolute Gasteiger partial charge is 0.126 e. The maximum atomic E-state index is 5.53. The largest absolute Gasteiger partial charge is 0.496 e. The van der Waals surface area contributed by atoms with Crippen LogP contribution in [0.25, 0.3) is 33.6 Å². The van der Waals surface area contributed by atoms with E-state index in [0.717, 1.165) is 45.1 Å². The van der Waals surface area contributed by atoms with Gasteiger partial charge in [0, 0.05) is 34.6 Å². The summed E-state index contributed by atoms with van der Waals surface area (Å²) in [6.45, 7) is 0. The second-order valence-corrected chi connectivity index (χ2v) is 6.23. The second-order valence-electron chi connectivity index (χ2n) is 6.23. The van der Waals surface area contributed by atoms with Crippen molar-refractivity contribution in [3.05, 3.63) is 85.2 Å². The summed E-state index contributed by atoms with van der Waals surface area (Å²) in [6.07, 6.45) is 3.64. The highest BCUT2D eigenvalue weighted by Gasteiger charge is 2.14. The summed E-state index contributed by atoms with van der Waals surface area (Å²) in [6, 6.07) is 23.8. The molecule has 138 valence electrons. The third-order valence-corrected chi connectivity index (χ3v) is 4.63. The highest BCUT2D eigenvalue weighted by Crippen LogP contribution is 2.36. The highest BCUT2D eigenvalue weighted by molar-refractivity contribution is 5.83. The number of ether oxygens (including phenoxy) is 2. The zero-order chi connectivity index (χ0) is 19.3. The summed E-state index contributed by atoms with van der Waals surface area (Å²) in [4.78, 5) is 9.28. The van der Waals surface area contributed by atoms with E-state index in [0.29, 0.717) is 0 Å². The van der Waals surface area contributed by atoms with Gasteiger partial charge in [0.25, 0.3) is 0 Å². The topological polar surface area (TPSA) is 44.2 Å². The number of pyridine rings is 2. The molecule has 4 heteroatoms. The molecule has 2 aromatic heterocycles. The minimum absolute atomic E-state index is 0.806. The molecule has 2 heterocycles. The van der Waals surface area contributed by atoms with Crippen molar-refractivity contribution in [2.75, 3.05) is 14.2 Å². The van der Waals surface area contributed by atoms with Gasteiger partial charge in [-0.3, -0.25) is 9.97 Å². The Balaban J connectivity index is 1.77. The molecule has 0 spiro atoms. The predicted molar refractivity (Wildman–Crippen MR) is 111 cm³/mol. The second kappa shape index (κ2) is 7.92. The Morgan fingerprint density at radius 3 is 1.93 bits per heavy atom. The summed E-state index contributed by atoms with van der Waals surface area (Å²) >= 11 is 0. The van der Waals surface area contributed by atoms with Gasteiger partial charge >= 0.3 is 0 Å². The monoisotopic (exact) mass is 368 g/mol. The van der Waals surface area contributed by atoms with Crippen LogP contribution >= 0.6 is 0 Å². The van der Waals surface area contributed by atoms with E-state index in [4.69, 9.17) is 9.47 Å². The zero-order valence-electron chi connectivity index (χ0n) is 15.8. The Bertz CT molecular complexity index is 1090. The predicted octanol–water partition coefficient (Wildman–Crippen LogP) is 5.49. The van der Waals surface area contributed by atoms with Gasteiger partial charge in [-0.25, -0.2) is 0 Å². The van der Waals surface area contributed by atoms with Gasteiger partial charge < -0.3 is 9.47 Å². The first-order valence-corrected chi connectivity index (χ1v) is 9.00. The lowest BCUT2D eigenvalue weighted by Gasteiger charge is -2.12. The highest BCUT2D eigenvalue weighted by atomic mass is 16.5. The molecule has 28 heavy (non-hydrogen) atoms. The number of benzene rings is 2. The molecule has 0 N–H and O–H groups in total. The van der Waals surface area contributed by atoms with E-state index in [-0.39, 0.29) is 0 Å². The molecule has 0 aliphatic carbocycles. The van der Waals surface area contributed by atoms with Gasteiger partial charge in [0.1, 0.15) is 11.5 Å². The Morgan fingerprint density at radius 2 is 1.25 bits per heavy atom. The van der Waals surface area contributed by atoms with E-state index in [9.17, 15) is 0 Å². The standard InChI is InChI=1S/C24H20N2O2/c1-27-22-11-5-3-8-18(22)17-13-14-21(26-16-17)24-20(10-7-15-25-24)19-9-4-6-12-23(19)28-2/h3-16H,1-2H3. The van der Waals surface area contributed by atoms with Crippen LogP contribution in [0.1, 0.15) is 0 Å². The summed E-state index contributed by atoms with van der Waals surface area (Å²) < 4.78 is 11.0. The van der Waals surface area contributed by atoms with E-state index in [1.807, 2.05) is 79.0 Å². The lowest BCUT2D eigenvalue weighted by molar-refractivity contribution is 0.416. The first-order valence-electron chi connectivity index (χ1n) is 9.00. The van der Waals surface area contributed by atoms with Crippen LogP contribution in [-0.4, -0.2) is 24.2 Å². The molecule has 0 unspecified atom stereocenters. The van der Waals surface area contributed by atoms with Gasteiger partial charge in [0.05, 0.1) is 25.6 Å². The lowest BCUT2D eigenvalue weighted by atomic mass is 10.00. The van der Waals surface area contributed by atoms with Gasteiger partial charge in [0.2, 0.25) is 0 Å². The number of hydrogen-bond donors (Lipinski definition) is 0. The maximum absolute atomic E-state index is 5.53. The van der Waals surface area contributed by atoms with E-state index in [1.54, 1.807) is 20.4 Å². The molecule has 4 aromatic rings. The molecule has 0 atom stereocenters. The van der Waals surface area contributed by atoms with Crippen molar-refractivity contribution in [3.63, 3.8) is 0 Å². The molecule has 0 fully saturated rings. The fourth-order valence-electron chi connectivity index (χ4n) is 3.27. The van der Waals surface area contributed by atoms with Crippen molar-refractivity contribution in [1.29, 1.82) is 0 Å². The summed E-state index contributed by atoms with van der Waals surface area (Å²) in [7, 11) is 3.35. The molecule has 4 rings (SSSR count). The molecular formula is C24H20N2O2. The first kappa shape index (κ1) is 17.7. The summed E-state index contributed by atoms with van der Waals surface area (Å²) in [5, 5.41) is 0. The van der Waals surface area contributed by atoms with Gasteiger partial charge in [-0.05, 0) is 24.3 Å². The van der Waals surface area contributed by atoms with Crippen molar-refractivity contribution in [2.45, 2.75) is 0 Å². The summed E-state index contributed by atoms with van der Waals surface area (Å²) in [5.41, 5.74) is 5.60. The van der Waals surface area contributed by atoms with Crippen LogP contribution in [-0.2, 0) is 0 Å². The average Bonchev–Trinajstić information content (AvgIpc) is 2.79. The van der Waals surface area contributed by atoms with E-state index < -0.39 is 0 Å². The van der Waals surface area contributed by atoms with Gasteiger partial charge in [0.15, 0.2) is 0 Å². The fourth-order valence-corrected chi connectivity index (χ4v) is 3.27.